The van der Waals surface area contributed by atoms with E-state index in [2.05, 4.69) is 0 Å². The maximum atomic E-state index is 12.9. The van der Waals surface area contributed by atoms with Crippen LogP contribution >= 0.6 is 0 Å². The van der Waals surface area contributed by atoms with Gasteiger partial charge < -0.3 is 5.11 Å². The van der Waals surface area contributed by atoms with Crippen molar-refractivity contribution in [2.45, 2.75) is 0 Å². The molecule has 0 amide bonds. The third-order valence-electron chi connectivity index (χ3n) is 3.84. The quantitative estimate of drug-likeness (QED) is 0.721. The summed E-state index contributed by atoms with van der Waals surface area (Å²) in [7, 11) is 0. The fourth-order valence-corrected chi connectivity index (χ4v) is 2.64. The molecule has 3 rings (SSSR count). The van der Waals surface area contributed by atoms with Crippen molar-refractivity contribution in [3.05, 3.63) is 107 Å². The molecule has 3 aromatic rings. The van der Waals surface area contributed by atoms with Crippen molar-refractivity contribution < 1.29 is 19.5 Å². The summed E-state index contributed by atoms with van der Waals surface area (Å²) in [5.74, 6) is -2.12. The van der Waals surface area contributed by atoms with E-state index in [-0.39, 0.29) is 22.5 Å². The summed E-state index contributed by atoms with van der Waals surface area (Å²) in [6.07, 6.45) is 0. The molecule has 0 aliphatic heterocycles. The lowest BCUT2D eigenvalue weighted by Gasteiger charge is -2.11. The van der Waals surface area contributed by atoms with Crippen LogP contribution in [0.1, 0.15) is 42.2 Å². The van der Waals surface area contributed by atoms with Crippen molar-refractivity contribution in [3.8, 4) is 0 Å². The number of ketones is 2. The number of carboxylic acids is 1. The van der Waals surface area contributed by atoms with Crippen LogP contribution in [0, 0.1) is 0 Å². The summed E-state index contributed by atoms with van der Waals surface area (Å²) in [4.78, 5) is 37.4. The molecule has 0 bridgehead atoms. The maximum absolute atomic E-state index is 12.9. The zero-order chi connectivity index (χ0) is 17.8. The molecular formula is C21H14O4. The molecule has 122 valence electrons. The van der Waals surface area contributed by atoms with Crippen LogP contribution in [0.2, 0.25) is 0 Å². The van der Waals surface area contributed by atoms with Crippen molar-refractivity contribution in [3.63, 3.8) is 0 Å². The van der Waals surface area contributed by atoms with Gasteiger partial charge in [0.1, 0.15) is 0 Å². The largest absolute Gasteiger partial charge is 0.478 e. The molecule has 1 N–H and O–H groups in total. The van der Waals surface area contributed by atoms with E-state index in [9.17, 15) is 19.5 Å². The van der Waals surface area contributed by atoms with Gasteiger partial charge in [0.25, 0.3) is 0 Å². The highest BCUT2D eigenvalue weighted by Gasteiger charge is 2.25. The van der Waals surface area contributed by atoms with E-state index in [1.807, 2.05) is 0 Å². The maximum Gasteiger partial charge on any atom is 0.336 e. The second-order valence-electron chi connectivity index (χ2n) is 5.42. The van der Waals surface area contributed by atoms with Crippen LogP contribution in [-0.2, 0) is 0 Å². The zero-order valence-electron chi connectivity index (χ0n) is 13.2. The number of aromatic carboxylic acids is 1. The molecule has 4 heteroatoms. The van der Waals surface area contributed by atoms with E-state index in [0.717, 1.165) is 0 Å². The Kier molecular flexibility index (Phi) is 4.53. The number of carbonyl (C=O) groups is 3. The number of benzene rings is 3. The third-order valence-corrected chi connectivity index (χ3v) is 3.84. The Bertz CT molecular complexity index is 944. The van der Waals surface area contributed by atoms with E-state index in [0.29, 0.717) is 11.1 Å². The predicted octanol–water partition coefficient (Wildman–Crippen LogP) is 3.85. The molecule has 0 saturated heterocycles. The molecule has 0 aromatic heterocycles. The van der Waals surface area contributed by atoms with Gasteiger partial charge in [0.15, 0.2) is 11.6 Å². The molecule has 0 spiro atoms. The Balaban J connectivity index is 2.20. The predicted molar refractivity (Wildman–Crippen MR) is 93.2 cm³/mol. The van der Waals surface area contributed by atoms with E-state index in [1.165, 1.54) is 18.2 Å². The highest BCUT2D eigenvalue weighted by Crippen LogP contribution is 2.22. The first kappa shape index (κ1) is 16.3. The summed E-state index contributed by atoms with van der Waals surface area (Å²) in [6.45, 7) is 0. The Morgan fingerprint density at radius 3 is 1.56 bits per heavy atom. The van der Waals surface area contributed by atoms with E-state index in [1.54, 1.807) is 60.7 Å². The van der Waals surface area contributed by atoms with Gasteiger partial charge in [0.2, 0.25) is 0 Å². The number of hydrogen-bond donors (Lipinski definition) is 1. The first-order valence-electron chi connectivity index (χ1n) is 7.65. The molecular weight excluding hydrogens is 316 g/mol. The summed E-state index contributed by atoms with van der Waals surface area (Å²) >= 11 is 0. The molecule has 0 heterocycles. The minimum atomic E-state index is -1.25. The van der Waals surface area contributed by atoms with Gasteiger partial charge in [-0.25, -0.2) is 4.79 Å². The number of hydrogen-bond acceptors (Lipinski definition) is 3. The molecule has 0 fully saturated rings. The number of carboxylic acid groups (broad SMARTS) is 1. The standard InChI is InChI=1S/C21H14O4/c22-19(14-8-3-1-4-9-14)16-12-7-13-17(21(24)25)18(16)20(23)15-10-5-2-6-11-15/h1-13H,(H,24,25). The van der Waals surface area contributed by atoms with Gasteiger partial charge in [-0.05, 0) is 6.07 Å². The lowest BCUT2D eigenvalue weighted by Crippen LogP contribution is -2.16. The first-order valence-corrected chi connectivity index (χ1v) is 7.65. The van der Waals surface area contributed by atoms with E-state index >= 15 is 0 Å². The minimum Gasteiger partial charge on any atom is -0.478 e. The van der Waals surface area contributed by atoms with Crippen molar-refractivity contribution in [2.24, 2.45) is 0 Å². The molecule has 0 aliphatic carbocycles. The highest BCUT2D eigenvalue weighted by atomic mass is 16.4. The lowest BCUT2D eigenvalue weighted by atomic mass is 9.89. The Morgan fingerprint density at radius 2 is 1.04 bits per heavy atom. The second kappa shape index (κ2) is 6.93. The van der Waals surface area contributed by atoms with Crippen molar-refractivity contribution in [1.29, 1.82) is 0 Å². The monoisotopic (exact) mass is 330 g/mol. The number of carbonyl (C=O) groups excluding carboxylic acids is 2. The second-order valence-corrected chi connectivity index (χ2v) is 5.42. The average Bonchev–Trinajstić information content (AvgIpc) is 2.67. The fraction of sp³-hybridized carbons (Fsp3) is 0. The Labute approximate surface area is 144 Å². The van der Waals surface area contributed by atoms with Gasteiger partial charge in [-0.3, -0.25) is 9.59 Å². The van der Waals surface area contributed by atoms with Gasteiger partial charge in [0.05, 0.1) is 5.56 Å². The van der Waals surface area contributed by atoms with E-state index in [4.69, 9.17) is 0 Å². The van der Waals surface area contributed by atoms with Crippen molar-refractivity contribution in [2.75, 3.05) is 0 Å². The molecule has 0 aliphatic rings. The van der Waals surface area contributed by atoms with Crippen molar-refractivity contribution in [1.82, 2.24) is 0 Å². The van der Waals surface area contributed by atoms with Crippen molar-refractivity contribution >= 4 is 17.5 Å². The fourth-order valence-electron chi connectivity index (χ4n) is 2.64. The third kappa shape index (κ3) is 3.23. The number of rotatable bonds is 5. The summed E-state index contributed by atoms with van der Waals surface area (Å²) in [5.41, 5.74) is 0.538. The topological polar surface area (TPSA) is 71.4 Å². The van der Waals surface area contributed by atoms with Crippen LogP contribution in [0.5, 0.6) is 0 Å². The highest BCUT2D eigenvalue weighted by molar-refractivity contribution is 6.22. The van der Waals surface area contributed by atoms with Gasteiger partial charge >= 0.3 is 5.97 Å². The lowest BCUT2D eigenvalue weighted by molar-refractivity contribution is 0.0692. The van der Waals surface area contributed by atoms with E-state index < -0.39 is 11.8 Å². The average molecular weight is 330 g/mol. The van der Waals surface area contributed by atoms with Crippen LogP contribution in [0.15, 0.2) is 78.9 Å². The smallest absolute Gasteiger partial charge is 0.336 e. The zero-order valence-corrected chi connectivity index (χ0v) is 13.2. The Hall–Kier alpha value is -3.53. The van der Waals surface area contributed by atoms with Crippen LogP contribution in [0.3, 0.4) is 0 Å². The molecule has 4 nitrogen and oxygen atoms in total. The van der Waals surface area contributed by atoms with Crippen LogP contribution in [0.25, 0.3) is 0 Å². The molecule has 0 atom stereocenters. The summed E-state index contributed by atoms with van der Waals surface area (Å²) in [6, 6.07) is 21.1. The summed E-state index contributed by atoms with van der Waals surface area (Å²) in [5, 5.41) is 9.47. The molecule has 0 saturated carbocycles. The molecule has 0 unspecified atom stereocenters. The summed E-state index contributed by atoms with van der Waals surface area (Å²) < 4.78 is 0. The molecule has 0 radical (unpaired) electrons. The Morgan fingerprint density at radius 1 is 0.560 bits per heavy atom. The normalized spacial score (nSPS) is 10.2. The van der Waals surface area contributed by atoms with Gasteiger partial charge in [0, 0.05) is 22.3 Å². The molecule has 3 aromatic carbocycles. The minimum absolute atomic E-state index is 0.0833. The van der Waals surface area contributed by atoms with Crippen LogP contribution < -0.4 is 0 Å². The molecule has 25 heavy (non-hydrogen) atoms. The van der Waals surface area contributed by atoms with Gasteiger partial charge in [-0.2, -0.15) is 0 Å². The SMILES string of the molecule is O=C(O)c1cccc(C(=O)c2ccccc2)c1C(=O)c1ccccc1. The first-order chi connectivity index (χ1) is 12.1. The van der Waals surface area contributed by atoms with Crippen LogP contribution in [-0.4, -0.2) is 22.6 Å². The van der Waals surface area contributed by atoms with Gasteiger partial charge in [-0.15, -0.1) is 0 Å². The van der Waals surface area contributed by atoms with Gasteiger partial charge in [-0.1, -0.05) is 72.8 Å². The van der Waals surface area contributed by atoms with Crippen LogP contribution in [0.4, 0.5) is 0 Å².